The fourth-order valence-electron chi connectivity index (χ4n) is 2.03. The van der Waals surface area contributed by atoms with Gasteiger partial charge in [-0.15, -0.1) is 0 Å². The second kappa shape index (κ2) is 5.28. The average Bonchev–Trinajstić information content (AvgIpc) is 2.51. The van der Waals surface area contributed by atoms with E-state index >= 15 is 0 Å². The van der Waals surface area contributed by atoms with Crippen LogP contribution in [0.5, 0.6) is 0 Å². The van der Waals surface area contributed by atoms with Crippen molar-refractivity contribution in [2.24, 2.45) is 0 Å². The van der Waals surface area contributed by atoms with Gasteiger partial charge in [-0.3, -0.25) is 4.79 Å². The highest BCUT2D eigenvalue weighted by molar-refractivity contribution is 5.64. The van der Waals surface area contributed by atoms with Crippen LogP contribution in [-0.4, -0.2) is 19.9 Å². The van der Waals surface area contributed by atoms with Gasteiger partial charge >= 0.3 is 0 Å². The SMILES string of the molecule is Cc1cnc(-c2nc(-c3ccccc3)c(C)c(=O)[nH]2)nc1. The molecule has 0 spiro atoms. The predicted octanol–water partition coefficient (Wildman–Crippen LogP) is 2.51. The Kier molecular flexibility index (Phi) is 3.31. The van der Waals surface area contributed by atoms with E-state index in [0.717, 1.165) is 11.1 Å². The fourth-order valence-corrected chi connectivity index (χ4v) is 2.03. The molecule has 0 unspecified atom stereocenters. The largest absolute Gasteiger partial charge is 0.304 e. The van der Waals surface area contributed by atoms with Crippen molar-refractivity contribution in [2.45, 2.75) is 13.8 Å². The molecule has 2 aromatic heterocycles. The summed E-state index contributed by atoms with van der Waals surface area (Å²) in [5.74, 6) is 0.791. The standard InChI is InChI=1S/C16H14N4O/c1-10-8-17-14(18-9-10)15-19-13(11(2)16(21)20-15)12-6-4-3-5-7-12/h3-9H,1-2H3,(H,19,20,21). The molecular weight excluding hydrogens is 264 g/mol. The van der Waals surface area contributed by atoms with Crippen molar-refractivity contribution >= 4 is 0 Å². The van der Waals surface area contributed by atoms with Crippen LogP contribution in [0, 0.1) is 13.8 Å². The normalized spacial score (nSPS) is 10.6. The molecule has 0 radical (unpaired) electrons. The maximum Gasteiger partial charge on any atom is 0.254 e. The molecule has 0 atom stereocenters. The lowest BCUT2D eigenvalue weighted by Gasteiger charge is -2.07. The molecule has 3 rings (SSSR count). The first-order valence-corrected chi connectivity index (χ1v) is 6.60. The van der Waals surface area contributed by atoms with Crippen LogP contribution in [0.2, 0.25) is 0 Å². The molecule has 0 saturated carbocycles. The summed E-state index contributed by atoms with van der Waals surface area (Å²) in [4.78, 5) is 27.8. The highest BCUT2D eigenvalue weighted by atomic mass is 16.1. The first-order chi connectivity index (χ1) is 10.1. The zero-order chi connectivity index (χ0) is 14.8. The van der Waals surface area contributed by atoms with Crippen LogP contribution >= 0.6 is 0 Å². The molecule has 0 aliphatic heterocycles. The molecule has 1 N–H and O–H groups in total. The molecule has 21 heavy (non-hydrogen) atoms. The second-order valence-electron chi connectivity index (χ2n) is 4.84. The number of aromatic nitrogens is 4. The van der Waals surface area contributed by atoms with Gasteiger partial charge in [0.05, 0.1) is 5.69 Å². The molecule has 1 aromatic carbocycles. The summed E-state index contributed by atoms with van der Waals surface area (Å²) in [7, 11) is 0. The van der Waals surface area contributed by atoms with Gasteiger partial charge in [-0.25, -0.2) is 15.0 Å². The Morgan fingerprint density at radius 1 is 1.00 bits per heavy atom. The molecule has 5 heteroatoms. The Labute approximate surface area is 121 Å². The highest BCUT2D eigenvalue weighted by Crippen LogP contribution is 2.20. The van der Waals surface area contributed by atoms with E-state index in [0.29, 0.717) is 22.9 Å². The summed E-state index contributed by atoms with van der Waals surface area (Å²) in [6, 6.07) is 9.61. The van der Waals surface area contributed by atoms with E-state index in [9.17, 15) is 4.79 Å². The van der Waals surface area contributed by atoms with Crippen LogP contribution in [0.1, 0.15) is 11.1 Å². The van der Waals surface area contributed by atoms with Crippen LogP contribution in [0.25, 0.3) is 22.9 Å². The molecule has 0 aliphatic carbocycles. The van der Waals surface area contributed by atoms with Gasteiger partial charge in [0.2, 0.25) is 0 Å². The van der Waals surface area contributed by atoms with Gasteiger partial charge < -0.3 is 4.98 Å². The van der Waals surface area contributed by atoms with Crippen LogP contribution in [0.4, 0.5) is 0 Å². The summed E-state index contributed by atoms with van der Waals surface area (Å²) in [6.07, 6.45) is 3.40. The molecular formula is C16H14N4O. The van der Waals surface area contributed by atoms with Gasteiger partial charge in [0, 0.05) is 23.5 Å². The molecule has 0 aliphatic rings. The lowest BCUT2D eigenvalue weighted by Crippen LogP contribution is -2.15. The van der Waals surface area contributed by atoms with Crippen LogP contribution < -0.4 is 5.56 Å². The molecule has 0 bridgehead atoms. The molecule has 104 valence electrons. The van der Waals surface area contributed by atoms with Crippen molar-refractivity contribution in [3.8, 4) is 22.9 Å². The lowest BCUT2D eigenvalue weighted by atomic mass is 10.1. The quantitative estimate of drug-likeness (QED) is 0.781. The Balaban J connectivity index is 2.19. The van der Waals surface area contributed by atoms with Crippen molar-refractivity contribution in [3.05, 3.63) is 64.2 Å². The molecule has 0 fully saturated rings. The van der Waals surface area contributed by atoms with Crippen molar-refractivity contribution in [2.75, 3.05) is 0 Å². The number of nitrogens with one attached hydrogen (secondary N) is 1. The monoisotopic (exact) mass is 278 g/mol. The first-order valence-electron chi connectivity index (χ1n) is 6.60. The van der Waals surface area contributed by atoms with Crippen LogP contribution in [0.3, 0.4) is 0 Å². The predicted molar refractivity (Wildman–Crippen MR) is 80.8 cm³/mol. The fraction of sp³-hybridized carbons (Fsp3) is 0.125. The van der Waals surface area contributed by atoms with Gasteiger partial charge in [0.15, 0.2) is 11.6 Å². The van der Waals surface area contributed by atoms with Crippen molar-refractivity contribution in [3.63, 3.8) is 0 Å². The minimum absolute atomic E-state index is 0.178. The topological polar surface area (TPSA) is 71.5 Å². The van der Waals surface area contributed by atoms with E-state index in [2.05, 4.69) is 19.9 Å². The molecule has 3 aromatic rings. The number of benzene rings is 1. The number of aromatic amines is 1. The molecule has 0 saturated heterocycles. The van der Waals surface area contributed by atoms with E-state index < -0.39 is 0 Å². The Morgan fingerprint density at radius 2 is 1.67 bits per heavy atom. The van der Waals surface area contributed by atoms with Gasteiger partial charge in [0.1, 0.15) is 0 Å². The Morgan fingerprint density at radius 3 is 2.33 bits per heavy atom. The summed E-state index contributed by atoms with van der Waals surface area (Å²) in [6.45, 7) is 3.67. The number of aryl methyl sites for hydroxylation is 1. The number of nitrogens with zero attached hydrogens (tertiary/aromatic N) is 3. The van der Waals surface area contributed by atoms with Gasteiger partial charge in [-0.2, -0.15) is 0 Å². The lowest BCUT2D eigenvalue weighted by molar-refractivity contribution is 1.03. The maximum atomic E-state index is 12.1. The van der Waals surface area contributed by atoms with E-state index in [1.165, 1.54) is 0 Å². The number of rotatable bonds is 2. The van der Waals surface area contributed by atoms with Crippen LogP contribution in [-0.2, 0) is 0 Å². The van der Waals surface area contributed by atoms with Crippen molar-refractivity contribution in [1.29, 1.82) is 0 Å². The van der Waals surface area contributed by atoms with Crippen LogP contribution in [0.15, 0.2) is 47.5 Å². The Hall–Kier alpha value is -2.82. The number of hydrogen-bond acceptors (Lipinski definition) is 4. The van der Waals surface area contributed by atoms with Gasteiger partial charge in [-0.05, 0) is 19.4 Å². The molecule has 0 amide bonds. The smallest absolute Gasteiger partial charge is 0.254 e. The average molecular weight is 278 g/mol. The second-order valence-corrected chi connectivity index (χ2v) is 4.84. The minimum atomic E-state index is -0.178. The van der Waals surface area contributed by atoms with E-state index in [-0.39, 0.29) is 5.56 Å². The third-order valence-corrected chi connectivity index (χ3v) is 3.19. The summed E-state index contributed by atoms with van der Waals surface area (Å²) < 4.78 is 0. The number of hydrogen-bond donors (Lipinski definition) is 1. The first kappa shape index (κ1) is 13.2. The summed E-state index contributed by atoms with van der Waals surface area (Å²) in [5, 5.41) is 0. The zero-order valence-electron chi connectivity index (χ0n) is 11.8. The third-order valence-electron chi connectivity index (χ3n) is 3.19. The highest BCUT2D eigenvalue weighted by Gasteiger charge is 2.12. The Bertz CT molecular complexity index is 823. The van der Waals surface area contributed by atoms with Crippen molar-refractivity contribution in [1.82, 2.24) is 19.9 Å². The van der Waals surface area contributed by atoms with E-state index in [1.54, 1.807) is 19.3 Å². The van der Waals surface area contributed by atoms with Crippen molar-refractivity contribution < 1.29 is 0 Å². The third kappa shape index (κ3) is 2.58. The van der Waals surface area contributed by atoms with Gasteiger partial charge in [0.25, 0.3) is 5.56 Å². The summed E-state index contributed by atoms with van der Waals surface area (Å²) in [5.41, 5.74) is 2.91. The minimum Gasteiger partial charge on any atom is -0.304 e. The molecule has 5 nitrogen and oxygen atoms in total. The zero-order valence-corrected chi connectivity index (χ0v) is 11.8. The van der Waals surface area contributed by atoms with Gasteiger partial charge in [-0.1, -0.05) is 30.3 Å². The summed E-state index contributed by atoms with van der Waals surface area (Å²) >= 11 is 0. The van der Waals surface area contributed by atoms with E-state index in [4.69, 9.17) is 0 Å². The molecule has 2 heterocycles. The maximum absolute atomic E-state index is 12.1. The van der Waals surface area contributed by atoms with E-state index in [1.807, 2.05) is 37.3 Å². The number of H-pyrrole nitrogens is 1.